The summed E-state index contributed by atoms with van der Waals surface area (Å²) in [5, 5.41) is 131. The van der Waals surface area contributed by atoms with Gasteiger partial charge in [-0.25, -0.2) is 0 Å². The number of amides is 1. The molecule has 0 radical (unpaired) electrons. The van der Waals surface area contributed by atoms with Crippen molar-refractivity contribution in [1.29, 1.82) is 0 Å². The lowest BCUT2D eigenvalue weighted by Crippen LogP contribution is -2.70. The fraction of sp³-hybridized carbons (Fsp3) is 0.971. The van der Waals surface area contributed by atoms with Crippen molar-refractivity contribution >= 4 is 5.91 Å². The molecule has 344 valence electrons. The van der Waals surface area contributed by atoms with E-state index in [9.17, 15) is 66.1 Å². The summed E-state index contributed by atoms with van der Waals surface area (Å²) in [5.74, 6) is -0.717. The minimum absolute atomic E-state index is 0.0794. The summed E-state index contributed by atoms with van der Waals surface area (Å²) in [5.41, 5.74) is 0. The minimum atomic E-state index is -1.93. The van der Waals surface area contributed by atoms with Gasteiger partial charge in [-0.15, -0.1) is 0 Å². The Bertz CT molecular complexity index is 1320. The van der Waals surface area contributed by atoms with E-state index >= 15 is 0 Å². The number of carbonyl (C=O) groups is 1. The monoisotopic (exact) mass is 863 g/mol. The molecule has 24 heteroatoms. The van der Waals surface area contributed by atoms with Crippen LogP contribution in [0.4, 0.5) is 0 Å². The zero-order chi connectivity index (χ0) is 43.6. The van der Waals surface area contributed by atoms with Gasteiger partial charge in [-0.2, -0.15) is 0 Å². The van der Waals surface area contributed by atoms with E-state index in [1.807, 2.05) is 0 Å². The molecule has 0 aromatic carbocycles. The van der Waals surface area contributed by atoms with Crippen LogP contribution in [-0.4, -0.2) is 240 Å². The Kier molecular flexibility index (Phi) is 17.2. The molecule has 5 aliphatic rings. The van der Waals surface area contributed by atoms with E-state index in [1.165, 1.54) is 20.8 Å². The van der Waals surface area contributed by atoms with Gasteiger partial charge in [0.05, 0.1) is 31.5 Å². The van der Waals surface area contributed by atoms with Gasteiger partial charge in [0.25, 0.3) is 0 Å². The molecule has 25 atom stereocenters. The van der Waals surface area contributed by atoms with Gasteiger partial charge in [0, 0.05) is 13.5 Å². The highest BCUT2D eigenvalue weighted by Gasteiger charge is 2.57. The average Bonchev–Trinajstić information content (AvgIpc) is 3.20. The molecule has 5 rings (SSSR count). The summed E-state index contributed by atoms with van der Waals surface area (Å²) >= 11 is 0. The second kappa shape index (κ2) is 20.8. The third-order valence-electron chi connectivity index (χ3n) is 11.1. The Labute approximate surface area is 338 Å². The van der Waals surface area contributed by atoms with Crippen LogP contribution in [0.2, 0.25) is 0 Å². The van der Waals surface area contributed by atoms with Crippen molar-refractivity contribution in [3.8, 4) is 0 Å². The van der Waals surface area contributed by atoms with Crippen molar-refractivity contribution in [3.05, 3.63) is 0 Å². The summed E-state index contributed by atoms with van der Waals surface area (Å²) in [6.45, 7) is 5.59. The van der Waals surface area contributed by atoms with Gasteiger partial charge < -0.3 is 114 Å². The van der Waals surface area contributed by atoms with Crippen molar-refractivity contribution in [2.45, 2.75) is 195 Å². The van der Waals surface area contributed by atoms with E-state index in [1.54, 1.807) is 6.92 Å². The van der Waals surface area contributed by atoms with E-state index in [0.29, 0.717) is 6.42 Å². The van der Waals surface area contributed by atoms with Gasteiger partial charge in [-0.3, -0.25) is 4.79 Å². The topological polar surface area (TPSA) is 364 Å². The molecule has 0 bridgehead atoms. The lowest BCUT2D eigenvalue weighted by Gasteiger charge is -2.51. The highest BCUT2D eigenvalue weighted by atomic mass is 16.8. The summed E-state index contributed by atoms with van der Waals surface area (Å²) in [6.07, 6.45) is -37.9. The van der Waals surface area contributed by atoms with Crippen LogP contribution in [0, 0.1) is 0 Å². The third-order valence-corrected chi connectivity index (χ3v) is 11.1. The summed E-state index contributed by atoms with van der Waals surface area (Å²) in [6, 6.07) is -1.56. The molecule has 0 spiro atoms. The number of aliphatic hydroxyl groups excluding tert-OH is 12. The molecule has 5 heterocycles. The van der Waals surface area contributed by atoms with Gasteiger partial charge >= 0.3 is 0 Å². The molecule has 5 fully saturated rings. The molecule has 0 aromatic rings. The quantitative estimate of drug-likeness (QED) is 0.0771. The van der Waals surface area contributed by atoms with Crippen molar-refractivity contribution in [2.75, 3.05) is 19.8 Å². The van der Waals surface area contributed by atoms with Gasteiger partial charge in [0.15, 0.2) is 31.5 Å². The summed E-state index contributed by atoms with van der Waals surface area (Å²) in [7, 11) is 0. The zero-order valence-corrected chi connectivity index (χ0v) is 33.1. The Morgan fingerprint density at radius 2 is 0.932 bits per heavy atom. The van der Waals surface area contributed by atoms with Gasteiger partial charge in [-0.05, 0) is 27.2 Å². The number of ether oxygens (including phenoxy) is 10. The van der Waals surface area contributed by atoms with Crippen LogP contribution in [-0.2, 0) is 52.2 Å². The Balaban J connectivity index is 1.44. The molecule has 13 N–H and O–H groups in total. The van der Waals surface area contributed by atoms with E-state index < -0.39 is 173 Å². The maximum Gasteiger partial charge on any atom is 0.217 e. The molecule has 5 saturated heterocycles. The van der Waals surface area contributed by atoms with Crippen molar-refractivity contribution in [3.63, 3.8) is 0 Å². The van der Waals surface area contributed by atoms with Crippen LogP contribution in [0.25, 0.3) is 0 Å². The molecule has 1 amide bonds. The van der Waals surface area contributed by atoms with Crippen molar-refractivity contribution in [1.82, 2.24) is 5.32 Å². The zero-order valence-electron chi connectivity index (χ0n) is 33.1. The SMILES string of the molecule is CCCO[C@@H]1OC(C)[C@H](O)[C@H](O[C@H]2O[C@@H](CO)[C@@H](O)C(O)C2O)C1O[C@@H]1OC(CO)[C@@H](O)C(O[C@@H]2OC(C)[C@H](O)[C@H](O[C@@H]3OC(C)[C@H](O)[C@H](O)C3O)C2O)[C@@H]1NC(C)=O. The smallest absolute Gasteiger partial charge is 0.217 e. The number of rotatable bonds is 14. The average molecular weight is 864 g/mol. The fourth-order valence-electron chi connectivity index (χ4n) is 7.58. The Morgan fingerprint density at radius 1 is 0.492 bits per heavy atom. The molecule has 0 saturated carbocycles. The molecule has 5 aliphatic heterocycles. The number of nitrogens with one attached hydrogen (secondary N) is 1. The maximum atomic E-state index is 12.7. The highest BCUT2D eigenvalue weighted by Crippen LogP contribution is 2.36. The number of hydrogen-bond donors (Lipinski definition) is 13. The molecular weight excluding hydrogens is 802 g/mol. The first kappa shape index (κ1) is 48.6. The predicted molar refractivity (Wildman–Crippen MR) is 188 cm³/mol. The van der Waals surface area contributed by atoms with E-state index in [0.717, 1.165) is 6.92 Å². The fourth-order valence-corrected chi connectivity index (χ4v) is 7.58. The molecule has 0 aromatic heterocycles. The van der Waals surface area contributed by atoms with Crippen LogP contribution < -0.4 is 5.32 Å². The van der Waals surface area contributed by atoms with Gasteiger partial charge in [0.1, 0.15) is 104 Å². The highest BCUT2D eigenvalue weighted by molar-refractivity contribution is 5.73. The first-order valence-electron chi connectivity index (χ1n) is 19.6. The third kappa shape index (κ3) is 10.5. The van der Waals surface area contributed by atoms with Crippen LogP contribution in [0.1, 0.15) is 41.0 Å². The van der Waals surface area contributed by atoms with Crippen LogP contribution in [0.3, 0.4) is 0 Å². The molecule has 0 aliphatic carbocycles. The van der Waals surface area contributed by atoms with E-state index in [-0.39, 0.29) is 6.61 Å². The molecular formula is C35H61NO23. The van der Waals surface area contributed by atoms with E-state index in [4.69, 9.17) is 47.4 Å². The van der Waals surface area contributed by atoms with Crippen molar-refractivity contribution < 1.29 is 113 Å². The molecule has 59 heavy (non-hydrogen) atoms. The van der Waals surface area contributed by atoms with Gasteiger partial charge in [-0.1, -0.05) is 6.92 Å². The largest absolute Gasteiger partial charge is 0.394 e. The van der Waals surface area contributed by atoms with Crippen molar-refractivity contribution in [2.24, 2.45) is 0 Å². The summed E-state index contributed by atoms with van der Waals surface area (Å²) < 4.78 is 58.8. The first-order chi connectivity index (χ1) is 27.8. The van der Waals surface area contributed by atoms with Crippen LogP contribution in [0.15, 0.2) is 0 Å². The number of hydrogen-bond acceptors (Lipinski definition) is 23. The van der Waals surface area contributed by atoms with Crippen LogP contribution in [0.5, 0.6) is 0 Å². The predicted octanol–water partition coefficient (Wildman–Crippen LogP) is -7.26. The molecule has 24 nitrogen and oxygen atoms in total. The van der Waals surface area contributed by atoms with Gasteiger partial charge in [0.2, 0.25) is 5.91 Å². The summed E-state index contributed by atoms with van der Waals surface area (Å²) in [4.78, 5) is 12.7. The van der Waals surface area contributed by atoms with Crippen LogP contribution >= 0.6 is 0 Å². The number of aliphatic hydroxyl groups is 12. The Morgan fingerprint density at radius 3 is 1.51 bits per heavy atom. The minimum Gasteiger partial charge on any atom is -0.394 e. The first-order valence-corrected chi connectivity index (χ1v) is 19.6. The molecule has 10 unspecified atom stereocenters. The lowest BCUT2D eigenvalue weighted by molar-refractivity contribution is -0.391. The Hall–Kier alpha value is -1.41. The normalized spacial score (nSPS) is 51.0. The second-order valence-corrected chi connectivity index (χ2v) is 15.5. The lowest BCUT2D eigenvalue weighted by atomic mass is 9.94. The number of carbonyl (C=O) groups excluding carboxylic acids is 1. The van der Waals surface area contributed by atoms with E-state index in [2.05, 4.69) is 5.32 Å². The second-order valence-electron chi connectivity index (χ2n) is 15.5. The standard InChI is InChI=1S/C35H61NO23/c1-6-7-50-35-30(29(19(42)12(4)53-35)58-33-25(48)23(46)20(43)14(8-37)55-33)59-31-16(36-13(5)39)27(21(44)15(9-38)54-31)56-34-26(49)28(18(41)11(3)52-34)57-32-24(47)22(45)17(40)10(2)51-32/h10-12,14-35,37-38,40-49H,6-9H2,1-5H3,(H,36,39)/t10?,11?,12?,14-,15?,16-,17-,18-,19-,20+,21+,22-,23?,24?,25?,26?,27?,28-,29-,30?,31-,32-,33+,34-,35+/m0/s1. The maximum absolute atomic E-state index is 12.7.